The van der Waals surface area contributed by atoms with Crippen LogP contribution in [0.1, 0.15) is 34.3 Å². The summed E-state index contributed by atoms with van der Waals surface area (Å²) in [6, 6.07) is 9.81. The van der Waals surface area contributed by atoms with E-state index >= 15 is 0 Å². The molecule has 0 aromatic heterocycles. The summed E-state index contributed by atoms with van der Waals surface area (Å²) in [6.07, 6.45) is 4.75. The Labute approximate surface area is 166 Å². The highest BCUT2D eigenvalue weighted by Crippen LogP contribution is 2.22. The fraction of sp³-hybridized carbons (Fsp3) is 0.238. The van der Waals surface area contributed by atoms with E-state index in [9.17, 15) is 14.0 Å². The van der Waals surface area contributed by atoms with Crippen LogP contribution in [0.25, 0.3) is 6.08 Å². The largest absolute Gasteiger partial charge is 0.339 e. The summed E-state index contributed by atoms with van der Waals surface area (Å²) >= 11 is 3.28. The molecule has 0 saturated carbocycles. The lowest BCUT2D eigenvalue weighted by atomic mass is 10.1. The minimum absolute atomic E-state index is 0.00662. The Bertz CT molecular complexity index is 905. The third-order valence-corrected chi connectivity index (χ3v) is 5.08. The molecule has 0 bridgehead atoms. The van der Waals surface area contributed by atoms with E-state index in [2.05, 4.69) is 21.2 Å². The van der Waals surface area contributed by atoms with Gasteiger partial charge in [-0.05, 0) is 61.7 Å². The van der Waals surface area contributed by atoms with Gasteiger partial charge in [-0.25, -0.2) is 4.39 Å². The number of benzene rings is 2. The van der Waals surface area contributed by atoms with Gasteiger partial charge in [0.15, 0.2) is 0 Å². The Hall–Kier alpha value is -2.47. The predicted molar refractivity (Wildman–Crippen MR) is 108 cm³/mol. The first kappa shape index (κ1) is 19.3. The van der Waals surface area contributed by atoms with E-state index in [1.165, 1.54) is 18.2 Å². The van der Waals surface area contributed by atoms with Crippen LogP contribution in [0.3, 0.4) is 0 Å². The molecule has 1 aliphatic heterocycles. The SMILES string of the molecule is Cc1c(NC(=O)/C=C/c2cc(Br)ccc2F)cccc1C(=O)N1CCCC1. The normalized spacial score (nSPS) is 14.0. The summed E-state index contributed by atoms with van der Waals surface area (Å²) < 4.78 is 14.5. The lowest BCUT2D eigenvalue weighted by molar-refractivity contribution is -0.111. The summed E-state index contributed by atoms with van der Waals surface area (Å²) in [6.45, 7) is 3.36. The van der Waals surface area contributed by atoms with Crippen molar-refractivity contribution in [1.29, 1.82) is 0 Å². The number of rotatable bonds is 4. The number of likely N-dealkylation sites (tertiary alicyclic amines) is 1. The van der Waals surface area contributed by atoms with Crippen LogP contribution in [0.15, 0.2) is 46.9 Å². The van der Waals surface area contributed by atoms with Gasteiger partial charge in [0.2, 0.25) is 5.91 Å². The average molecular weight is 431 g/mol. The molecule has 1 N–H and O–H groups in total. The van der Waals surface area contributed by atoms with Crippen molar-refractivity contribution in [1.82, 2.24) is 4.90 Å². The molecule has 1 aliphatic rings. The molecule has 0 aliphatic carbocycles. The zero-order chi connectivity index (χ0) is 19.4. The highest BCUT2D eigenvalue weighted by Gasteiger charge is 2.21. The number of hydrogen-bond acceptors (Lipinski definition) is 2. The van der Waals surface area contributed by atoms with Gasteiger partial charge >= 0.3 is 0 Å². The number of halogens is 2. The van der Waals surface area contributed by atoms with Gasteiger partial charge in [0.25, 0.3) is 5.91 Å². The van der Waals surface area contributed by atoms with Crippen LogP contribution in [0, 0.1) is 12.7 Å². The Balaban J connectivity index is 1.74. The maximum atomic E-state index is 13.8. The minimum atomic E-state index is -0.406. The summed E-state index contributed by atoms with van der Waals surface area (Å²) in [5.74, 6) is -0.798. The average Bonchev–Trinajstić information content (AvgIpc) is 3.18. The van der Waals surface area contributed by atoms with Crippen LogP contribution in [-0.4, -0.2) is 29.8 Å². The van der Waals surface area contributed by atoms with Crippen molar-refractivity contribution in [2.24, 2.45) is 0 Å². The van der Waals surface area contributed by atoms with Crippen molar-refractivity contribution in [2.45, 2.75) is 19.8 Å². The summed E-state index contributed by atoms with van der Waals surface area (Å²) in [5, 5.41) is 2.77. The number of amides is 2. The van der Waals surface area contributed by atoms with E-state index < -0.39 is 5.82 Å². The minimum Gasteiger partial charge on any atom is -0.339 e. The maximum Gasteiger partial charge on any atom is 0.254 e. The second kappa shape index (κ2) is 8.48. The topological polar surface area (TPSA) is 49.4 Å². The molecule has 0 unspecified atom stereocenters. The molecule has 0 atom stereocenters. The van der Waals surface area contributed by atoms with Gasteiger partial charge in [-0.15, -0.1) is 0 Å². The Kier molecular flexibility index (Phi) is 6.06. The second-order valence-corrected chi connectivity index (χ2v) is 7.38. The number of carbonyl (C=O) groups is 2. The van der Waals surface area contributed by atoms with Crippen molar-refractivity contribution >= 4 is 39.5 Å². The van der Waals surface area contributed by atoms with Crippen molar-refractivity contribution in [3.05, 3.63) is 69.5 Å². The van der Waals surface area contributed by atoms with Gasteiger partial charge in [-0.1, -0.05) is 22.0 Å². The van der Waals surface area contributed by atoms with Crippen LogP contribution in [0.5, 0.6) is 0 Å². The summed E-state index contributed by atoms with van der Waals surface area (Å²) in [5.41, 5.74) is 2.21. The molecule has 2 amide bonds. The first-order valence-electron chi connectivity index (χ1n) is 8.79. The Morgan fingerprint density at radius 3 is 2.67 bits per heavy atom. The Morgan fingerprint density at radius 2 is 1.93 bits per heavy atom. The number of nitrogens with one attached hydrogen (secondary N) is 1. The molecular weight excluding hydrogens is 411 g/mol. The van der Waals surface area contributed by atoms with E-state index in [1.807, 2.05) is 11.8 Å². The standard InChI is InChI=1S/C21H20BrFN2O2/c1-14-17(21(27)25-11-2-3-12-25)5-4-6-19(14)24-20(26)10-7-15-13-16(22)8-9-18(15)23/h4-10,13H,2-3,11-12H2,1H3,(H,24,26)/b10-7+. The van der Waals surface area contributed by atoms with Crippen molar-refractivity contribution in [2.75, 3.05) is 18.4 Å². The zero-order valence-electron chi connectivity index (χ0n) is 15.0. The molecule has 1 fully saturated rings. The molecular formula is C21H20BrFN2O2. The molecule has 2 aromatic rings. The monoisotopic (exact) mass is 430 g/mol. The van der Waals surface area contributed by atoms with Gasteiger partial charge < -0.3 is 10.2 Å². The van der Waals surface area contributed by atoms with Gasteiger partial charge in [-0.2, -0.15) is 0 Å². The Morgan fingerprint density at radius 1 is 1.19 bits per heavy atom. The zero-order valence-corrected chi connectivity index (χ0v) is 16.6. The fourth-order valence-corrected chi connectivity index (χ4v) is 3.45. The molecule has 3 rings (SSSR count). The lowest BCUT2D eigenvalue weighted by Gasteiger charge is -2.18. The highest BCUT2D eigenvalue weighted by molar-refractivity contribution is 9.10. The van der Waals surface area contributed by atoms with E-state index in [1.54, 1.807) is 30.3 Å². The number of nitrogens with zero attached hydrogens (tertiary/aromatic N) is 1. The van der Waals surface area contributed by atoms with Crippen LogP contribution in [-0.2, 0) is 4.79 Å². The quantitative estimate of drug-likeness (QED) is 0.709. The van der Waals surface area contributed by atoms with Gasteiger partial charge in [0, 0.05) is 40.5 Å². The fourth-order valence-electron chi connectivity index (χ4n) is 3.08. The molecule has 140 valence electrons. The third kappa shape index (κ3) is 4.63. The molecule has 2 aromatic carbocycles. The molecule has 6 heteroatoms. The van der Waals surface area contributed by atoms with Gasteiger partial charge in [0.05, 0.1) is 0 Å². The van der Waals surface area contributed by atoms with E-state index in [0.717, 1.165) is 36.0 Å². The molecule has 4 nitrogen and oxygen atoms in total. The van der Waals surface area contributed by atoms with Crippen molar-refractivity contribution < 1.29 is 14.0 Å². The maximum absolute atomic E-state index is 13.8. The summed E-state index contributed by atoms with van der Waals surface area (Å²) in [4.78, 5) is 26.7. The highest BCUT2D eigenvalue weighted by atomic mass is 79.9. The van der Waals surface area contributed by atoms with Crippen molar-refractivity contribution in [3.8, 4) is 0 Å². The first-order chi connectivity index (χ1) is 13.0. The van der Waals surface area contributed by atoms with E-state index in [0.29, 0.717) is 16.8 Å². The van der Waals surface area contributed by atoms with Gasteiger partial charge in [-0.3, -0.25) is 9.59 Å². The summed E-state index contributed by atoms with van der Waals surface area (Å²) in [7, 11) is 0. The van der Waals surface area contributed by atoms with Crippen LogP contribution >= 0.6 is 15.9 Å². The molecule has 0 spiro atoms. The van der Waals surface area contributed by atoms with E-state index in [-0.39, 0.29) is 11.8 Å². The predicted octanol–water partition coefficient (Wildman–Crippen LogP) is 4.78. The second-order valence-electron chi connectivity index (χ2n) is 6.47. The lowest BCUT2D eigenvalue weighted by Crippen LogP contribution is -2.28. The molecule has 27 heavy (non-hydrogen) atoms. The van der Waals surface area contributed by atoms with Crippen LogP contribution < -0.4 is 5.32 Å². The number of hydrogen-bond donors (Lipinski definition) is 1. The van der Waals surface area contributed by atoms with Crippen molar-refractivity contribution in [3.63, 3.8) is 0 Å². The number of carbonyl (C=O) groups excluding carboxylic acids is 2. The third-order valence-electron chi connectivity index (χ3n) is 4.59. The van der Waals surface area contributed by atoms with Gasteiger partial charge in [0.1, 0.15) is 5.82 Å². The molecule has 0 radical (unpaired) electrons. The number of anilines is 1. The van der Waals surface area contributed by atoms with Crippen LogP contribution in [0.2, 0.25) is 0 Å². The molecule has 1 heterocycles. The molecule has 1 saturated heterocycles. The smallest absolute Gasteiger partial charge is 0.254 e. The first-order valence-corrected chi connectivity index (χ1v) is 9.58. The van der Waals surface area contributed by atoms with E-state index in [4.69, 9.17) is 0 Å². The van der Waals surface area contributed by atoms with Crippen LogP contribution in [0.4, 0.5) is 10.1 Å².